The number of rotatable bonds is 5. The van der Waals surface area contributed by atoms with Crippen molar-refractivity contribution in [2.24, 2.45) is 5.73 Å². The van der Waals surface area contributed by atoms with E-state index in [2.05, 4.69) is 6.92 Å². The van der Waals surface area contributed by atoms with Crippen LogP contribution in [-0.4, -0.2) is 43.2 Å². The van der Waals surface area contributed by atoms with Gasteiger partial charge in [0.2, 0.25) is 5.91 Å². The summed E-state index contributed by atoms with van der Waals surface area (Å²) in [5, 5.41) is 0. The molecule has 1 amide bonds. The van der Waals surface area contributed by atoms with Crippen molar-refractivity contribution >= 4 is 5.91 Å². The molecule has 88 valence electrons. The molecule has 0 aliphatic carbocycles. The summed E-state index contributed by atoms with van der Waals surface area (Å²) < 4.78 is 5.25. The molecule has 1 aliphatic heterocycles. The molecule has 1 saturated heterocycles. The van der Waals surface area contributed by atoms with Crippen molar-refractivity contribution in [3.05, 3.63) is 0 Å². The number of hydrogen-bond acceptors (Lipinski definition) is 3. The van der Waals surface area contributed by atoms with E-state index in [1.807, 2.05) is 7.05 Å². The van der Waals surface area contributed by atoms with E-state index in [4.69, 9.17) is 10.5 Å². The number of unbranched alkanes of at least 4 members (excludes halogenated alkanes) is 1. The molecule has 0 aromatic rings. The average Bonchev–Trinajstić information content (AvgIpc) is 2.77. The third kappa shape index (κ3) is 3.47. The second-order valence-electron chi connectivity index (χ2n) is 4.22. The van der Waals surface area contributed by atoms with Crippen molar-refractivity contribution in [1.29, 1.82) is 0 Å². The topological polar surface area (TPSA) is 55.6 Å². The molecule has 0 saturated carbocycles. The number of nitrogens with two attached hydrogens (primary N) is 1. The standard InChI is InChI=1S/C11H22N2O2/c1-3-4-5-10(12)11(14)13(2)9-6-7-15-8-9/h9-10H,3-8,12H2,1-2H3. The molecule has 1 aliphatic rings. The molecule has 0 spiro atoms. The predicted molar refractivity (Wildman–Crippen MR) is 59.5 cm³/mol. The van der Waals surface area contributed by atoms with Gasteiger partial charge in [-0.2, -0.15) is 0 Å². The number of ether oxygens (including phenoxy) is 1. The van der Waals surface area contributed by atoms with Gasteiger partial charge in [0.1, 0.15) is 0 Å². The Morgan fingerprint density at radius 3 is 2.93 bits per heavy atom. The number of likely N-dealkylation sites (N-methyl/N-ethyl adjacent to an activating group) is 1. The van der Waals surface area contributed by atoms with Crippen LogP contribution < -0.4 is 5.73 Å². The summed E-state index contributed by atoms with van der Waals surface area (Å²) in [7, 11) is 1.83. The van der Waals surface area contributed by atoms with E-state index in [0.29, 0.717) is 6.61 Å². The van der Waals surface area contributed by atoms with Crippen molar-refractivity contribution in [2.45, 2.75) is 44.7 Å². The van der Waals surface area contributed by atoms with E-state index < -0.39 is 0 Å². The van der Waals surface area contributed by atoms with Gasteiger partial charge < -0.3 is 15.4 Å². The smallest absolute Gasteiger partial charge is 0.239 e. The average molecular weight is 214 g/mol. The van der Waals surface area contributed by atoms with Crippen LogP contribution in [0.5, 0.6) is 0 Å². The molecule has 2 atom stereocenters. The Bertz CT molecular complexity index is 203. The zero-order valence-corrected chi connectivity index (χ0v) is 9.74. The normalized spacial score (nSPS) is 22.7. The zero-order chi connectivity index (χ0) is 11.3. The van der Waals surface area contributed by atoms with E-state index in [1.165, 1.54) is 0 Å². The van der Waals surface area contributed by atoms with Crippen LogP contribution in [0.25, 0.3) is 0 Å². The second kappa shape index (κ2) is 6.08. The molecule has 2 unspecified atom stereocenters. The van der Waals surface area contributed by atoms with Crippen LogP contribution in [0.15, 0.2) is 0 Å². The van der Waals surface area contributed by atoms with Gasteiger partial charge in [-0.1, -0.05) is 19.8 Å². The maximum atomic E-state index is 11.9. The summed E-state index contributed by atoms with van der Waals surface area (Å²) in [6.45, 7) is 3.51. The van der Waals surface area contributed by atoms with Gasteiger partial charge in [-0.15, -0.1) is 0 Å². The first-order chi connectivity index (χ1) is 7.16. The summed E-state index contributed by atoms with van der Waals surface area (Å²) in [5.41, 5.74) is 5.84. The minimum Gasteiger partial charge on any atom is -0.379 e. The number of carbonyl (C=O) groups is 1. The van der Waals surface area contributed by atoms with Crippen molar-refractivity contribution in [3.8, 4) is 0 Å². The second-order valence-corrected chi connectivity index (χ2v) is 4.22. The van der Waals surface area contributed by atoms with Gasteiger partial charge in [0.05, 0.1) is 18.7 Å². The van der Waals surface area contributed by atoms with Crippen molar-refractivity contribution in [1.82, 2.24) is 4.90 Å². The number of hydrogen-bond donors (Lipinski definition) is 1. The monoisotopic (exact) mass is 214 g/mol. The third-order valence-corrected chi connectivity index (χ3v) is 2.99. The van der Waals surface area contributed by atoms with Crippen LogP contribution >= 0.6 is 0 Å². The van der Waals surface area contributed by atoms with Crippen molar-refractivity contribution in [3.63, 3.8) is 0 Å². The highest BCUT2D eigenvalue weighted by molar-refractivity contribution is 5.81. The van der Waals surface area contributed by atoms with Gasteiger partial charge in [-0.25, -0.2) is 0 Å². The quantitative estimate of drug-likeness (QED) is 0.735. The highest BCUT2D eigenvalue weighted by Crippen LogP contribution is 2.12. The molecule has 4 heteroatoms. The lowest BCUT2D eigenvalue weighted by atomic mass is 10.1. The first kappa shape index (κ1) is 12.5. The Kier molecular flexibility index (Phi) is 5.05. The molecule has 15 heavy (non-hydrogen) atoms. The summed E-state index contributed by atoms with van der Waals surface area (Å²) >= 11 is 0. The first-order valence-corrected chi connectivity index (χ1v) is 5.76. The fourth-order valence-electron chi connectivity index (χ4n) is 1.82. The lowest BCUT2D eigenvalue weighted by molar-refractivity contribution is -0.133. The Labute approximate surface area is 91.8 Å². The molecule has 1 rings (SSSR count). The summed E-state index contributed by atoms with van der Waals surface area (Å²) in [6.07, 6.45) is 3.81. The minimum absolute atomic E-state index is 0.0546. The summed E-state index contributed by atoms with van der Waals surface area (Å²) in [5.74, 6) is 0.0546. The van der Waals surface area contributed by atoms with Crippen LogP contribution in [0, 0.1) is 0 Å². The fourth-order valence-corrected chi connectivity index (χ4v) is 1.82. The summed E-state index contributed by atoms with van der Waals surface area (Å²) in [4.78, 5) is 13.6. The number of nitrogens with zero attached hydrogens (tertiary/aromatic N) is 1. The van der Waals surface area contributed by atoms with Crippen LogP contribution in [0.1, 0.15) is 32.6 Å². The first-order valence-electron chi connectivity index (χ1n) is 5.76. The lowest BCUT2D eigenvalue weighted by Crippen LogP contribution is -2.46. The van der Waals surface area contributed by atoms with Gasteiger partial charge >= 0.3 is 0 Å². The highest BCUT2D eigenvalue weighted by atomic mass is 16.5. The van der Waals surface area contributed by atoms with E-state index in [0.717, 1.165) is 32.3 Å². The Morgan fingerprint density at radius 1 is 1.67 bits per heavy atom. The molecular weight excluding hydrogens is 192 g/mol. The van der Waals surface area contributed by atoms with Crippen LogP contribution in [0.4, 0.5) is 0 Å². The number of carbonyl (C=O) groups excluding carboxylic acids is 1. The Hall–Kier alpha value is -0.610. The largest absolute Gasteiger partial charge is 0.379 e. The number of amides is 1. The lowest BCUT2D eigenvalue weighted by Gasteiger charge is -2.26. The molecule has 4 nitrogen and oxygen atoms in total. The summed E-state index contributed by atoms with van der Waals surface area (Å²) in [6, 6.07) is -0.110. The maximum absolute atomic E-state index is 11.9. The van der Waals surface area contributed by atoms with Gasteiger partial charge in [0.15, 0.2) is 0 Å². The molecule has 0 radical (unpaired) electrons. The molecular formula is C11H22N2O2. The van der Waals surface area contributed by atoms with Gasteiger partial charge in [-0.3, -0.25) is 4.79 Å². The Morgan fingerprint density at radius 2 is 2.40 bits per heavy atom. The van der Waals surface area contributed by atoms with E-state index in [9.17, 15) is 4.79 Å². The van der Waals surface area contributed by atoms with Crippen LogP contribution in [0.3, 0.4) is 0 Å². The van der Waals surface area contributed by atoms with Gasteiger partial charge in [0.25, 0.3) is 0 Å². The van der Waals surface area contributed by atoms with E-state index in [-0.39, 0.29) is 18.0 Å². The molecule has 0 aromatic carbocycles. The SMILES string of the molecule is CCCCC(N)C(=O)N(C)C1CCOC1. The molecule has 0 bridgehead atoms. The molecule has 0 aromatic heterocycles. The highest BCUT2D eigenvalue weighted by Gasteiger charge is 2.26. The Balaban J connectivity index is 2.36. The van der Waals surface area contributed by atoms with Crippen molar-refractivity contribution < 1.29 is 9.53 Å². The third-order valence-electron chi connectivity index (χ3n) is 2.99. The van der Waals surface area contributed by atoms with Crippen molar-refractivity contribution in [2.75, 3.05) is 20.3 Å². The van der Waals surface area contributed by atoms with Gasteiger partial charge in [-0.05, 0) is 12.8 Å². The van der Waals surface area contributed by atoms with Crippen LogP contribution in [-0.2, 0) is 9.53 Å². The zero-order valence-electron chi connectivity index (χ0n) is 9.74. The van der Waals surface area contributed by atoms with E-state index >= 15 is 0 Å². The van der Waals surface area contributed by atoms with E-state index in [1.54, 1.807) is 4.90 Å². The predicted octanol–water partition coefficient (Wildman–Crippen LogP) is 0.751. The molecule has 2 N–H and O–H groups in total. The molecule has 1 heterocycles. The van der Waals surface area contributed by atoms with Crippen LogP contribution in [0.2, 0.25) is 0 Å². The fraction of sp³-hybridized carbons (Fsp3) is 0.909. The maximum Gasteiger partial charge on any atom is 0.239 e. The minimum atomic E-state index is -0.337. The van der Waals surface area contributed by atoms with Gasteiger partial charge in [0, 0.05) is 13.7 Å². The molecule has 1 fully saturated rings.